The van der Waals surface area contributed by atoms with Gasteiger partial charge < -0.3 is 5.32 Å². The summed E-state index contributed by atoms with van der Waals surface area (Å²) in [4.78, 5) is 16.9. The quantitative estimate of drug-likeness (QED) is 0.343. The second-order valence-electron chi connectivity index (χ2n) is 8.47. The van der Waals surface area contributed by atoms with Crippen LogP contribution in [0.1, 0.15) is 24.0 Å². The summed E-state index contributed by atoms with van der Waals surface area (Å²) in [6, 6.07) is 19.9. The van der Waals surface area contributed by atoms with Crippen LogP contribution >= 0.6 is 23.4 Å². The van der Waals surface area contributed by atoms with Crippen molar-refractivity contribution < 1.29 is 4.79 Å². The average Bonchev–Trinajstić information content (AvgIpc) is 3.56. The van der Waals surface area contributed by atoms with Gasteiger partial charge in [0.1, 0.15) is 0 Å². The summed E-state index contributed by atoms with van der Waals surface area (Å²) in [5.74, 6) is 0.908. The zero-order valence-electron chi connectivity index (χ0n) is 18.7. The summed E-state index contributed by atoms with van der Waals surface area (Å²) in [6.07, 6.45) is 5.64. The van der Waals surface area contributed by atoms with E-state index in [1.165, 1.54) is 17.3 Å². The van der Waals surface area contributed by atoms with Crippen LogP contribution in [0.25, 0.3) is 17.1 Å². The van der Waals surface area contributed by atoms with Crippen molar-refractivity contribution in [2.24, 2.45) is 0 Å². The lowest BCUT2D eigenvalue weighted by Gasteiger charge is -2.17. The maximum absolute atomic E-state index is 12.7. The minimum atomic E-state index is -0.0185. The summed E-state index contributed by atoms with van der Waals surface area (Å²) in [6.45, 7) is 2.62. The van der Waals surface area contributed by atoms with Gasteiger partial charge in [-0.1, -0.05) is 59.8 Å². The largest absolute Gasteiger partial charge is 0.354 e. The Balaban J connectivity index is 1.34. The Kier molecular flexibility index (Phi) is 6.39. The Morgan fingerprint density at radius 3 is 2.56 bits per heavy atom. The molecule has 1 aliphatic carbocycles. The van der Waals surface area contributed by atoms with E-state index in [0.717, 1.165) is 29.7 Å². The van der Waals surface area contributed by atoms with Gasteiger partial charge in [-0.15, -0.1) is 10.2 Å². The van der Waals surface area contributed by atoms with E-state index in [-0.39, 0.29) is 17.1 Å². The van der Waals surface area contributed by atoms with E-state index in [1.54, 1.807) is 12.4 Å². The van der Waals surface area contributed by atoms with Crippen molar-refractivity contribution in [2.75, 3.05) is 12.3 Å². The average molecular weight is 490 g/mol. The normalized spacial score (nSPS) is 14.1. The standard InChI is InChI=1S/C26H24ClN5OS/c1-18-21(27)8-5-9-22(18)32-24(19-10-14-28-15-11-19)30-31-25(32)34-16-23(33)29-17-26(12-13-26)20-6-3-2-4-7-20/h2-11,14-15H,12-13,16-17H2,1H3,(H,29,33). The highest BCUT2D eigenvalue weighted by Gasteiger charge is 2.44. The van der Waals surface area contributed by atoms with Crippen LogP contribution in [0, 0.1) is 6.92 Å². The SMILES string of the molecule is Cc1c(Cl)cccc1-n1c(SCC(=O)NCC2(c3ccccc3)CC2)nnc1-c1ccncc1. The molecule has 34 heavy (non-hydrogen) atoms. The van der Waals surface area contributed by atoms with Gasteiger partial charge in [0.25, 0.3) is 0 Å². The smallest absolute Gasteiger partial charge is 0.230 e. The van der Waals surface area contributed by atoms with E-state index in [4.69, 9.17) is 11.6 Å². The molecular formula is C26H24ClN5OS. The molecule has 1 N–H and O–H groups in total. The molecule has 2 aromatic heterocycles. The predicted octanol–water partition coefficient (Wildman–Crippen LogP) is 5.23. The number of aromatic nitrogens is 4. The molecule has 0 spiro atoms. The highest BCUT2D eigenvalue weighted by atomic mass is 35.5. The summed E-state index contributed by atoms with van der Waals surface area (Å²) >= 11 is 7.78. The maximum atomic E-state index is 12.7. The predicted molar refractivity (Wildman–Crippen MR) is 135 cm³/mol. The van der Waals surface area contributed by atoms with E-state index in [0.29, 0.717) is 22.5 Å². The molecule has 0 unspecified atom stereocenters. The van der Waals surface area contributed by atoms with Crippen LogP contribution in [0.5, 0.6) is 0 Å². The zero-order valence-corrected chi connectivity index (χ0v) is 20.3. The maximum Gasteiger partial charge on any atom is 0.230 e. The first-order valence-electron chi connectivity index (χ1n) is 11.1. The summed E-state index contributed by atoms with van der Waals surface area (Å²) in [5, 5.41) is 13.3. The van der Waals surface area contributed by atoms with E-state index in [2.05, 4.69) is 44.8 Å². The lowest BCUT2D eigenvalue weighted by atomic mass is 9.96. The number of hydrogen-bond donors (Lipinski definition) is 1. The number of nitrogens with zero attached hydrogens (tertiary/aromatic N) is 4. The molecule has 6 nitrogen and oxygen atoms in total. The minimum absolute atomic E-state index is 0.0185. The molecule has 172 valence electrons. The van der Waals surface area contributed by atoms with Gasteiger partial charge in [-0.3, -0.25) is 14.3 Å². The monoisotopic (exact) mass is 489 g/mol. The first-order valence-corrected chi connectivity index (χ1v) is 12.5. The fourth-order valence-corrected chi connectivity index (χ4v) is 5.01. The van der Waals surface area contributed by atoms with Crippen molar-refractivity contribution in [3.63, 3.8) is 0 Å². The first kappa shape index (κ1) is 22.6. The number of hydrogen-bond acceptors (Lipinski definition) is 5. The summed E-state index contributed by atoms with van der Waals surface area (Å²) in [5.41, 5.74) is 4.06. The number of halogens is 1. The lowest BCUT2D eigenvalue weighted by molar-refractivity contribution is -0.118. The van der Waals surface area contributed by atoms with Crippen LogP contribution in [0.3, 0.4) is 0 Å². The van der Waals surface area contributed by atoms with Crippen molar-refractivity contribution in [3.8, 4) is 17.1 Å². The molecule has 1 amide bonds. The van der Waals surface area contributed by atoms with Crippen molar-refractivity contribution in [1.29, 1.82) is 0 Å². The molecular weight excluding hydrogens is 466 g/mol. The van der Waals surface area contributed by atoms with E-state index in [9.17, 15) is 4.79 Å². The number of carbonyl (C=O) groups excluding carboxylic acids is 1. The molecule has 0 aliphatic heterocycles. The third-order valence-corrected chi connectivity index (χ3v) is 7.59. The number of pyridine rings is 1. The molecule has 1 fully saturated rings. The first-order chi connectivity index (χ1) is 16.6. The molecule has 2 aromatic carbocycles. The molecule has 0 radical (unpaired) electrons. The third kappa shape index (κ3) is 4.58. The van der Waals surface area contributed by atoms with E-state index >= 15 is 0 Å². The van der Waals surface area contributed by atoms with Crippen molar-refractivity contribution in [3.05, 3.63) is 89.2 Å². The van der Waals surface area contributed by atoms with E-state index in [1.807, 2.05) is 47.9 Å². The van der Waals surface area contributed by atoms with E-state index < -0.39 is 0 Å². The van der Waals surface area contributed by atoms with Crippen molar-refractivity contribution in [2.45, 2.75) is 30.3 Å². The van der Waals surface area contributed by atoms with Crippen LogP contribution in [-0.2, 0) is 10.2 Å². The zero-order chi connectivity index (χ0) is 23.5. The van der Waals surface area contributed by atoms with Gasteiger partial charge in [0.15, 0.2) is 11.0 Å². The summed E-state index contributed by atoms with van der Waals surface area (Å²) < 4.78 is 1.96. The molecule has 0 saturated heterocycles. The Hall–Kier alpha value is -3.16. The number of carbonyl (C=O) groups is 1. The van der Waals surface area contributed by atoms with Crippen LogP contribution in [0.15, 0.2) is 78.2 Å². The second kappa shape index (κ2) is 9.60. The number of amides is 1. The minimum Gasteiger partial charge on any atom is -0.354 e. The van der Waals surface area contributed by atoms with Crippen LogP contribution in [0.2, 0.25) is 5.02 Å². The fourth-order valence-electron chi connectivity index (χ4n) is 4.07. The molecule has 5 rings (SSSR count). The Morgan fingerprint density at radius 2 is 1.82 bits per heavy atom. The van der Waals surface area contributed by atoms with Crippen molar-refractivity contribution in [1.82, 2.24) is 25.1 Å². The fraction of sp³-hybridized carbons (Fsp3) is 0.231. The van der Waals surface area contributed by atoms with Gasteiger partial charge in [-0.2, -0.15) is 0 Å². The number of rotatable bonds is 8. The van der Waals surface area contributed by atoms with Crippen LogP contribution < -0.4 is 5.32 Å². The molecule has 4 aromatic rings. The highest BCUT2D eigenvalue weighted by molar-refractivity contribution is 7.99. The molecule has 2 heterocycles. The molecule has 0 bridgehead atoms. The Morgan fingerprint density at radius 1 is 1.06 bits per heavy atom. The second-order valence-corrected chi connectivity index (χ2v) is 9.82. The van der Waals surface area contributed by atoms with Gasteiger partial charge in [-0.05, 0) is 55.2 Å². The number of thioether (sulfide) groups is 1. The Bertz CT molecular complexity index is 1310. The molecule has 1 aliphatic rings. The number of benzene rings is 2. The van der Waals surface area contributed by atoms with Gasteiger partial charge in [-0.25, -0.2) is 0 Å². The highest BCUT2D eigenvalue weighted by Crippen LogP contribution is 2.47. The van der Waals surface area contributed by atoms with Crippen molar-refractivity contribution >= 4 is 29.3 Å². The summed E-state index contributed by atoms with van der Waals surface area (Å²) in [7, 11) is 0. The molecule has 8 heteroatoms. The van der Waals surface area contributed by atoms with Gasteiger partial charge in [0.2, 0.25) is 5.91 Å². The third-order valence-electron chi connectivity index (χ3n) is 6.25. The lowest BCUT2D eigenvalue weighted by Crippen LogP contribution is -2.33. The van der Waals surface area contributed by atoms with Gasteiger partial charge in [0, 0.05) is 34.9 Å². The molecule has 0 atom stereocenters. The van der Waals surface area contributed by atoms with Crippen LogP contribution in [-0.4, -0.2) is 38.0 Å². The number of nitrogens with one attached hydrogen (secondary N) is 1. The van der Waals surface area contributed by atoms with Crippen LogP contribution in [0.4, 0.5) is 0 Å². The van der Waals surface area contributed by atoms with Gasteiger partial charge >= 0.3 is 0 Å². The van der Waals surface area contributed by atoms with Gasteiger partial charge in [0.05, 0.1) is 11.4 Å². The Labute approximate surface area is 207 Å². The molecule has 1 saturated carbocycles. The topological polar surface area (TPSA) is 72.7 Å².